The smallest absolute Gasteiger partial charge is 0.319 e. The molecule has 0 aromatic carbocycles. The Bertz CT molecular complexity index is 507. The quantitative estimate of drug-likeness (QED) is 0.777. The van der Waals surface area contributed by atoms with E-state index < -0.39 is 5.97 Å². The Kier molecular flexibility index (Phi) is 4.77. The number of amides is 2. The van der Waals surface area contributed by atoms with Gasteiger partial charge in [0, 0.05) is 6.54 Å². The maximum absolute atomic E-state index is 11.8. The Balaban J connectivity index is 1.80. The molecule has 2 amide bonds. The molecule has 1 aliphatic rings. The summed E-state index contributed by atoms with van der Waals surface area (Å²) in [6, 6.07) is 3.00. The normalized spacial score (nSPS) is 16.4. The lowest BCUT2D eigenvalue weighted by molar-refractivity contribution is -0.136. The van der Waals surface area contributed by atoms with Crippen molar-refractivity contribution in [1.82, 2.24) is 10.3 Å². The van der Waals surface area contributed by atoms with Crippen molar-refractivity contribution in [2.45, 2.75) is 39.0 Å². The first kappa shape index (κ1) is 15.3. The summed E-state index contributed by atoms with van der Waals surface area (Å²) in [7, 11) is 0. The minimum Gasteiger partial charge on any atom is -0.481 e. The molecule has 1 aliphatic carbocycles. The van der Waals surface area contributed by atoms with E-state index in [-0.39, 0.29) is 17.9 Å². The number of pyridine rings is 1. The van der Waals surface area contributed by atoms with E-state index >= 15 is 0 Å². The molecule has 6 heteroatoms. The fraction of sp³-hybridized carbons (Fsp3) is 0.533. The molecule has 21 heavy (non-hydrogen) atoms. The van der Waals surface area contributed by atoms with Gasteiger partial charge in [0.2, 0.25) is 0 Å². The Morgan fingerprint density at radius 2 is 2.05 bits per heavy atom. The number of rotatable bonds is 5. The van der Waals surface area contributed by atoms with Crippen molar-refractivity contribution >= 4 is 17.7 Å². The van der Waals surface area contributed by atoms with E-state index in [9.17, 15) is 9.59 Å². The van der Waals surface area contributed by atoms with Gasteiger partial charge in [0.15, 0.2) is 0 Å². The van der Waals surface area contributed by atoms with Crippen molar-refractivity contribution in [3.05, 3.63) is 24.0 Å². The number of carboxylic acids is 1. The van der Waals surface area contributed by atoms with Crippen LogP contribution in [0.5, 0.6) is 0 Å². The van der Waals surface area contributed by atoms with Gasteiger partial charge in [-0.1, -0.05) is 19.8 Å². The van der Waals surface area contributed by atoms with Gasteiger partial charge in [-0.05, 0) is 30.4 Å². The molecule has 0 atom stereocenters. The van der Waals surface area contributed by atoms with Crippen LogP contribution in [-0.4, -0.2) is 28.6 Å². The molecule has 1 aromatic heterocycles. The zero-order valence-electron chi connectivity index (χ0n) is 12.2. The average molecular weight is 291 g/mol. The summed E-state index contributed by atoms with van der Waals surface area (Å²) >= 11 is 0. The zero-order valence-corrected chi connectivity index (χ0v) is 12.2. The molecule has 0 radical (unpaired) electrons. The highest BCUT2D eigenvalue weighted by atomic mass is 16.4. The zero-order chi connectivity index (χ0) is 15.3. The number of aliphatic carboxylic acids is 1. The molecule has 2 rings (SSSR count). The lowest BCUT2D eigenvalue weighted by atomic mass is 9.89. The van der Waals surface area contributed by atoms with E-state index in [4.69, 9.17) is 5.11 Å². The van der Waals surface area contributed by atoms with Crippen molar-refractivity contribution < 1.29 is 14.7 Å². The van der Waals surface area contributed by atoms with Gasteiger partial charge in [-0.25, -0.2) is 4.79 Å². The third-order valence-electron chi connectivity index (χ3n) is 3.90. The Hall–Kier alpha value is -2.11. The van der Waals surface area contributed by atoms with Crippen LogP contribution < -0.4 is 10.6 Å². The molecule has 114 valence electrons. The van der Waals surface area contributed by atoms with Crippen LogP contribution in [0.4, 0.5) is 10.5 Å². The summed E-state index contributed by atoms with van der Waals surface area (Å²) < 4.78 is 0. The van der Waals surface area contributed by atoms with Gasteiger partial charge >= 0.3 is 12.0 Å². The highest BCUT2D eigenvalue weighted by Gasteiger charge is 2.28. The van der Waals surface area contributed by atoms with Crippen molar-refractivity contribution in [2.24, 2.45) is 5.41 Å². The van der Waals surface area contributed by atoms with Crippen LogP contribution >= 0.6 is 0 Å². The third-order valence-corrected chi connectivity index (χ3v) is 3.90. The fourth-order valence-electron chi connectivity index (χ4n) is 2.63. The Morgan fingerprint density at radius 3 is 2.62 bits per heavy atom. The predicted molar refractivity (Wildman–Crippen MR) is 79.2 cm³/mol. The second-order valence-corrected chi connectivity index (χ2v) is 5.93. The first-order chi connectivity index (χ1) is 9.97. The van der Waals surface area contributed by atoms with Crippen molar-refractivity contribution in [3.8, 4) is 0 Å². The lowest BCUT2D eigenvalue weighted by Gasteiger charge is -2.23. The highest BCUT2D eigenvalue weighted by molar-refractivity contribution is 5.89. The minimum absolute atomic E-state index is 0.120. The summed E-state index contributed by atoms with van der Waals surface area (Å²) in [5, 5.41) is 14.3. The highest BCUT2D eigenvalue weighted by Crippen LogP contribution is 2.36. The van der Waals surface area contributed by atoms with Crippen LogP contribution in [0.15, 0.2) is 18.3 Å². The number of urea groups is 1. The van der Waals surface area contributed by atoms with Crippen LogP contribution in [0.25, 0.3) is 0 Å². The predicted octanol–water partition coefficient (Wildman–Crippen LogP) is 2.41. The number of carbonyl (C=O) groups is 2. The standard InChI is InChI=1S/C15H21N3O3/c1-15(6-2-3-7-15)10-17-14(21)18-12-5-4-11(16-9-12)8-13(19)20/h4-5,9H,2-3,6-8,10H2,1H3,(H,19,20)(H2,17,18,21). The van der Waals surface area contributed by atoms with E-state index in [1.807, 2.05) is 0 Å². The monoisotopic (exact) mass is 291 g/mol. The average Bonchev–Trinajstić information content (AvgIpc) is 2.86. The van der Waals surface area contributed by atoms with Gasteiger partial charge in [-0.2, -0.15) is 0 Å². The first-order valence-corrected chi connectivity index (χ1v) is 7.18. The van der Waals surface area contributed by atoms with Gasteiger partial charge in [0.25, 0.3) is 0 Å². The molecule has 0 bridgehead atoms. The number of hydrogen-bond donors (Lipinski definition) is 3. The molecule has 0 aliphatic heterocycles. The van der Waals surface area contributed by atoms with E-state index in [2.05, 4.69) is 22.5 Å². The molecule has 0 spiro atoms. The number of anilines is 1. The second kappa shape index (κ2) is 6.56. The van der Waals surface area contributed by atoms with Gasteiger partial charge in [0.05, 0.1) is 24.0 Å². The number of aromatic nitrogens is 1. The van der Waals surface area contributed by atoms with Crippen molar-refractivity contribution in [1.29, 1.82) is 0 Å². The minimum atomic E-state index is -0.925. The van der Waals surface area contributed by atoms with E-state index in [1.165, 1.54) is 19.0 Å². The lowest BCUT2D eigenvalue weighted by Crippen LogP contribution is -2.36. The molecule has 6 nitrogen and oxygen atoms in total. The van der Waals surface area contributed by atoms with Gasteiger partial charge in [-0.15, -0.1) is 0 Å². The molecule has 0 saturated heterocycles. The summed E-state index contributed by atoms with van der Waals surface area (Å²) in [4.78, 5) is 26.4. The topological polar surface area (TPSA) is 91.3 Å². The second-order valence-electron chi connectivity index (χ2n) is 5.93. The Morgan fingerprint density at radius 1 is 1.33 bits per heavy atom. The molecular formula is C15H21N3O3. The summed E-state index contributed by atoms with van der Waals surface area (Å²) in [6.07, 6.45) is 6.11. The number of carbonyl (C=O) groups excluding carboxylic acids is 1. The number of carboxylic acid groups (broad SMARTS) is 1. The molecular weight excluding hydrogens is 270 g/mol. The maximum atomic E-state index is 11.8. The van der Waals surface area contributed by atoms with E-state index in [0.29, 0.717) is 17.9 Å². The summed E-state index contributed by atoms with van der Waals surface area (Å²) in [5.74, 6) is -0.925. The molecule has 0 unspecified atom stereocenters. The van der Waals surface area contributed by atoms with Gasteiger partial charge in [0.1, 0.15) is 0 Å². The largest absolute Gasteiger partial charge is 0.481 e. The Labute approximate surface area is 124 Å². The first-order valence-electron chi connectivity index (χ1n) is 7.18. The summed E-state index contributed by atoms with van der Waals surface area (Å²) in [5.41, 5.74) is 1.23. The van der Waals surface area contributed by atoms with Crippen LogP contribution in [0.3, 0.4) is 0 Å². The maximum Gasteiger partial charge on any atom is 0.319 e. The molecule has 1 heterocycles. The number of nitrogens with zero attached hydrogens (tertiary/aromatic N) is 1. The van der Waals surface area contributed by atoms with E-state index in [0.717, 1.165) is 12.8 Å². The molecule has 1 saturated carbocycles. The molecule has 3 N–H and O–H groups in total. The van der Waals surface area contributed by atoms with Crippen LogP contribution in [0, 0.1) is 5.41 Å². The molecule has 1 aromatic rings. The number of nitrogens with one attached hydrogen (secondary N) is 2. The fourth-order valence-corrected chi connectivity index (χ4v) is 2.63. The van der Waals surface area contributed by atoms with Crippen LogP contribution in [-0.2, 0) is 11.2 Å². The third kappa shape index (κ3) is 4.73. The van der Waals surface area contributed by atoms with E-state index in [1.54, 1.807) is 12.1 Å². The number of hydrogen-bond acceptors (Lipinski definition) is 3. The SMILES string of the molecule is CC1(CNC(=O)Nc2ccc(CC(=O)O)nc2)CCCC1. The van der Waals surface area contributed by atoms with Gasteiger partial charge < -0.3 is 15.7 Å². The van der Waals surface area contributed by atoms with Crippen molar-refractivity contribution in [3.63, 3.8) is 0 Å². The van der Waals surface area contributed by atoms with Gasteiger partial charge in [-0.3, -0.25) is 9.78 Å². The van der Waals surface area contributed by atoms with Crippen LogP contribution in [0.2, 0.25) is 0 Å². The van der Waals surface area contributed by atoms with Crippen molar-refractivity contribution in [2.75, 3.05) is 11.9 Å². The van der Waals surface area contributed by atoms with Crippen LogP contribution in [0.1, 0.15) is 38.3 Å². The summed E-state index contributed by atoms with van der Waals surface area (Å²) in [6.45, 7) is 2.87. The molecule has 1 fully saturated rings.